The summed E-state index contributed by atoms with van der Waals surface area (Å²) in [6.07, 6.45) is 3.27. The standard InChI is InChI=1S/C9H14ClN3/c1-6(11)2-3-7-4-8(10)5-13-9(7)12/h4-6H,2-3,11H2,1H3,(H2,12,13). The van der Waals surface area contributed by atoms with Crippen molar-refractivity contribution in [1.82, 2.24) is 4.98 Å². The van der Waals surface area contributed by atoms with Crippen molar-refractivity contribution in [2.24, 2.45) is 5.73 Å². The van der Waals surface area contributed by atoms with Crippen molar-refractivity contribution in [2.75, 3.05) is 5.73 Å². The van der Waals surface area contributed by atoms with E-state index in [-0.39, 0.29) is 6.04 Å². The zero-order valence-corrected chi connectivity index (χ0v) is 8.38. The van der Waals surface area contributed by atoms with Gasteiger partial charge in [-0.1, -0.05) is 11.6 Å². The van der Waals surface area contributed by atoms with Crippen molar-refractivity contribution in [3.8, 4) is 0 Å². The largest absolute Gasteiger partial charge is 0.383 e. The molecule has 4 heteroatoms. The minimum absolute atomic E-state index is 0.179. The summed E-state index contributed by atoms with van der Waals surface area (Å²) < 4.78 is 0. The second-order valence-corrected chi connectivity index (χ2v) is 3.65. The first-order valence-electron chi connectivity index (χ1n) is 4.25. The van der Waals surface area contributed by atoms with Crippen molar-refractivity contribution < 1.29 is 0 Å². The fraction of sp³-hybridized carbons (Fsp3) is 0.444. The molecule has 0 spiro atoms. The van der Waals surface area contributed by atoms with Gasteiger partial charge in [0.15, 0.2) is 0 Å². The highest BCUT2D eigenvalue weighted by Crippen LogP contribution is 2.16. The molecule has 0 aliphatic heterocycles. The Hall–Kier alpha value is -0.800. The van der Waals surface area contributed by atoms with E-state index in [1.165, 1.54) is 0 Å². The molecule has 0 aromatic carbocycles. The van der Waals surface area contributed by atoms with Crippen LogP contribution in [0.1, 0.15) is 18.9 Å². The lowest BCUT2D eigenvalue weighted by Crippen LogP contribution is -2.15. The number of hydrogen-bond acceptors (Lipinski definition) is 3. The van der Waals surface area contributed by atoms with Crippen molar-refractivity contribution >= 4 is 17.4 Å². The Bertz CT molecular complexity index is 286. The third kappa shape index (κ3) is 3.20. The normalized spacial score (nSPS) is 12.8. The average molecular weight is 200 g/mol. The van der Waals surface area contributed by atoms with Crippen LogP contribution in [-0.2, 0) is 6.42 Å². The summed E-state index contributed by atoms with van der Waals surface area (Å²) in [5.41, 5.74) is 12.3. The minimum Gasteiger partial charge on any atom is -0.383 e. The lowest BCUT2D eigenvalue weighted by atomic mass is 10.1. The Morgan fingerprint density at radius 2 is 2.31 bits per heavy atom. The molecule has 0 amide bonds. The number of halogens is 1. The molecule has 3 nitrogen and oxygen atoms in total. The fourth-order valence-electron chi connectivity index (χ4n) is 1.08. The van der Waals surface area contributed by atoms with E-state index in [0.717, 1.165) is 18.4 Å². The third-order valence-electron chi connectivity index (χ3n) is 1.84. The molecule has 1 unspecified atom stereocenters. The van der Waals surface area contributed by atoms with Gasteiger partial charge in [0.1, 0.15) is 5.82 Å². The van der Waals surface area contributed by atoms with Crippen LogP contribution < -0.4 is 11.5 Å². The van der Waals surface area contributed by atoms with Crippen LogP contribution in [-0.4, -0.2) is 11.0 Å². The van der Waals surface area contributed by atoms with Crippen LogP contribution in [0.15, 0.2) is 12.3 Å². The summed E-state index contributed by atoms with van der Waals surface area (Å²) in [6, 6.07) is 2.02. The summed E-state index contributed by atoms with van der Waals surface area (Å²) in [6.45, 7) is 1.97. The van der Waals surface area contributed by atoms with Crippen LogP contribution in [0.2, 0.25) is 5.02 Å². The maximum absolute atomic E-state index is 5.78. The summed E-state index contributed by atoms with van der Waals surface area (Å²) in [4.78, 5) is 3.96. The van der Waals surface area contributed by atoms with Gasteiger partial charge in [0, 0.05) is 12.2 Å². The molecular formula is C9H14ClN3. The van der Waals surface area contributed by atoms with Gasteiger partial charge in [0.25, 0.3) is 0 Å². The Morgan fingerprint density at radius 1 is 1.62 bits per heavy atom. The molecule has 0 saturated heterocycles. The number of aromatic nitrogens is 1. The molecule has 0 fully saturated rings. The Morgan fingerprint density at radius 3 is 2.92 bits per heavy atom. The SMILES string of the molecule is CC(N)CCc1cc(Cl)cnc1N. The maximum atomic E-state index is 5.78. The van der Waals surface area contributed by atoms with E-state index in [2.05, 4.69) is 4.98 Å². The van der Waals surface area contributed by atoms with Crippen LogP contribution in [0.4, 0.5) is 5.82 Å². The van der Waals surface area contributed by atoms with Crippen molar-refractivity contribution in [1.29, 1.82) is 0 Å². The molecule has 4 N–H and O–H groups in total. The molecule has 1 aromatic rings. The van der Waals surface area contributed by atoms with E-state index >= 15 is 0 Å². The molecule has 0 radical (unpaired) electrons. The highest BCUT2D eigenvalue weighted by Gasteiger charge is 2.03. The monoisotopic (exact) mass is 199 g/mol. The molecule has 0 aliphatic carbocycles. The van der Waals surface area contributed by atoms with Crippen molar-refractivity contribution in [2.45, 2.75) is 25.8 Å². The van der Waals surface area contributed by atoms with E-state index in [1.54, 1.807) is 6.20 Å². The van der Waals surface area contributed by atoms with Crippen molar-refractivity contribution in [3.63, 3.8) is 0 Å². The number of aryl methyl sites for hydroxylation is 1. The number of rotatable bonds is 3. The van der Waals surface area contributed by atoms with E-state index in [1.807, 2.05) is 13.0 Å². The van der Waals surface area contributed by atoms with E-state index in [4.69, 9.17) is 23.1 Å². The van der Waals surface area contributed by atoms with E-state index < -0.39 is 0 Å². The average Bonchev–Trinajstić information content (AvgIpc) is 2.06. The molecule has 0 aliphatic rings. The zero-order valence-electron chi connectivity index (χ0n) is 7.63. The van der Waals surface area contributed by atoms with Crippen LogP contribution in [0.3, 0.4) is 0 Å². The molecule has 1 aromatic heterocycles. The first-order valence-corrected chi connectivity index (χ1v) is 4.63. The molecule has 72 valence electrons. The summed E-state index contributed by atoms with van der Waals surface area (Å²) in [7, 11) is 0. The van der Waals surface area contributed by atoms with Crippen LogP contribution in [0, 0.1) is 0 Å². The summed E-state index contributed by atoms with van der Waals surface area (Å²) >= 11 is 5.78. The smallest absolute Gasteiger partial charge is 0.126 e. The van der Waals surface area contributed by atoms with Crippen molar-refractivity contribution in [3.05, 3.63) is 22.8 Å². The van der Waals surface area contributed by atoms with Crippen LogP contribution in [0.5, 0.6) is 0 Å². The van der Waals surface area contributed by atoms with Gasteiger partial charge in [0.2, 0.25) is 0 Å². The number of pyridine rings is 1. The maximum Gasteiger partial charge on any atom is 0.126 e. The summed E-state index contributed by atoms with van der Waals surface area (Å²) in [5.74, 6) is 0.546. The van der Waals surface area contributed by atoms with Gasteiger partial charge in [-0.15, -0.1) is 0 Å². The quantitative estimate of drug-likeness (QED) is 0.777. The first-order chi connectivity index (χ1) is 6.09. The highest BCUT2D eigenvalue weighted by atomic mass is 35.5. The van der Waals surface area contributed by atoms with E-state index in [0.29, 0.717) is 10.8 Å². The van der Waals surface area contributed by atoms with Crippen LogP contribution in [0.25, 0.3) is 0 Å². The van der Waals surface area contributed by atoms with Gasteiger partial charge in [0.05, 0.1) is 5.02 Å². The van der Waals surface area contributed by atoms with Gasteiger partial charge in [-0.05, 0) is 31.4 Å². The molecule has 13 heavy (non-hydrogen) atoms. The van der Waals surface area contributed by atoms with Gasteiger partial charge in [-0.25, -0.2) is 4.98 Å². The summed E-state index contributed by atoms with van der Waals surface area (Å²) in [5, 5.41) is 0.619. The molecular weight excluding hydrogens is 186 g/mol. The lowest BCUT2D eigenvalue weighted by Gasteiger charge is -2.07. The third-order valence-corrected chi connectivity index (χ3v) is 2.04. The zero-order chi connectivity index (χ0) is 9.84. The molecule has 1 rings (SSSR count). The molecule has 0 bridgehead atoms. The van der Waals surface area contributed by atoms with Crippen LogP contribution >= 0.6 is 11.6 Å². The van der Waals surface area contributed by atoms with Gasteiger partial charge < -0.3 is 11.5 Å². The molecule has 0 saturated carbocycles. The number of nitrogen functional groups attached to an aromatic ring is 1. The predicted molar refractivity (Wildman–Crippen MR) is 55.6 cm³/mol. The lowest BCUT2D eigenvalue weighted by molar-refractivity contribution is 0.666. The second kappa shape index (κ2) is 4.44. The second-order valence-electron chi connectivity index (χ2n) is 3.21. The fourth-order valence-corrected chi connectivity index (χ4v) is 1.26. The Labute approximate surface area is 83.1 Å². The number of nitrogens with two attached hydrogens (primary N) is 2. The van der Waals surface area contributed by atoms with Gasteiger partial charge in [-0.3, -0.25) is 0 Å². The number of hydrogen-bond donors (Lipinski definition) is 2. The molecule has 1 heterocycles. The number of anilines is 1. The Kier molecular flexibility index (Phi) is 3.51. The van der Waals surface area contributed by atoms with E-state index in [9.17, 15) is 0 Å². The first kappa shape index (κ1) is 10.3. The predicted octanol–water partition coefficient (Wildman–Crippen LogP) is 1.60. The topological polar surface area (TPSA) is 64.9 Å². The van der Waals surface area contributed by atoms with Gasteiger partial charge in [-0.2, -0.15) is 0 Å². The Balaban J connectivity index is 2.70. The van der Waals surface area contributed by atoms with Gasteiger partial charge >= 0.3 is 0 Å². The number of nitrogens with zero attached hydrogens (tertiary/aromatic N) is 1. The minimum atomic E-state index is 0.179. The molecule has 1 atom stereocenters. The highest BCUT2D eigenvalue weighted by molar-refractivity contribution is 6.30.